The molecule has 0 aliphatic heterocycles. The molecule has 0 spiro atoms. The molecule has 0 amide bonds. The summed E-state index contributed by atoms with van der Waals surface area (Å²) >= 11 is 4.66. The van der Waals surface area contributed by atoms with Crippen molar-refractivity contribution in [2.45, 2.75) is 33.5 Å². The van der Waals surface area contributed by atoms with Gasteiger partial charge in [-0.2, -0.15) is 0 Å². The monoisotopic (exact) mass is 299 g/mol. The molecule has 96 valence electrons. The normalized spacial score (nSPS) is 10.8. The van der Waals surface area contributed by atoms with Crippen LogP contribution >= 0.6 is 34.9 Å². The minimum Gasteiger partial charge on any atom is -0.383 e. The second-order valence-corrected chi connectivity index (χ2v) is 6.70. The van der Waals surface area contributed by atoms with Crippen LogP contribution in [0.25, 0.3) is 0 Å². The molecule has 2 rings (SSSR count). The Kier molecular flexibility index (Phi) is 4.79. The molecule has 0 saturated carbocycles. The number of hydrogen-bond donors (Lipinski definition) is 1. The number of hydrogen-bond acceptors (Lipinski definition) is 8. The minimum absolute atomic E-state index is 0.559. The standard InChI is InChI=1S/C10H13N5S3/c1-3-4-6-7(11)12-5-13-8(6)17-10-15-14-9(16-2)18-10/h5H,3-4H2,1-2H3,(H2,11,12,13). The van der Waals surface area contributed by atoms with Gasteiger partial charge in [0.25, 0.3) is 0 Å². The molecule has 0 atom stereocenters. The number of rotatable bonds is 5. The average Bonchev–Trinajstić information content (AvgIpc) is 2.81. The second kappa shape index (κ2) is 6.35. The fraction of sp³-hybridized carbons (Fsp3) is 0.400. The summed E-state index contributed by atoms with van der Waals surface area (Å²) in [5, 5.41) is 9.07. The fourth-order valence-electron chi connectivity index (χ4n) is 1.39. The number of aromatic nitrogens is 4. The molecule has 2 N–H and O–H groups in total. The molecule has 0 aliphatic carbocycles. The molecule has 5 nitrogen and oxygen atoms in total. The SMILES string of the molecule is CCCc1c(N)ncnc1Sc1nnc(SC)s1. The number of thioether (sulfide) groups is 1. The highest BCUT2D eigenvalue weighted by molar-refractivity contribution is 8.03. The average molecular weight is 299 g/mol. The van der Waals surface area contributed by atoms with E-state index in [2.05, 4.69) is 27.1 Å². The molecule has 2 aromatic heterocycles. The van der Waals surface area contributed by atoms with Crippen LogP contribution in [0.3, 0.4) is 0 Å². The van der Waals surface area contributed by atoms with Crippen molar-refractivity contribution in [2.24, 2.45) is 0 Å². The predicted molar refractivity (Wildman–Crippen MR) is 76.3 cm³/mol. The Bertz CT molecular complexity index is 528. The van der Waals surface area contributed by atoms with Gasteiger partial charge >= 0.3 is 0 Å². The third-order valence-corrected chi connectivity index (χ3v) is 5.18. The van der Waals surface area contributed by atoms with E-state index in [0.29, 0.717) is 5.82 Å². The lowest BCUT2D eigenvalue weighted by Gasteiger charge is -2.07. The Morgan fingerprint density at radius 2 is 2.06 bits per heavy atom. The number of nitrogens with two attached hydrogens (primary N) is 1. The highest BCUT2D eigenvalue weighted by Gasteiger charge is 2.12. The molecule has 2 aromatic rings. The highest BCUT2D eigenvalue weighted by Crippen LogP contribution is 2.34. The molecule has 0 aliphatic rings. The molecular formula is C10H13N5S3. The summed E-state index contributed by atoms with van der Waals surface area (Å²) in [5.41, 5.74) is 6.90. The Balaban J connectivity index is 2.25. The summed E-state index contributed by atoms with van der Waals surface area (Å²) in [6, 6.07) is 0. The van der Waals surface area contributed by atoms with Gasteiger partial charge in [0.1, 0.15) is 17.2 Å². The Morgan fingerprint density at radius 1 is 1.28 bits per heavy atom. The Morgan fingerprint density at radius 3 is 2.72 bits per heavy atom. The maximum atomic E-state index is 5.89. The van der Waals surface area contributed by atoms with E-state index in [0.717, 1.165) is 32.1 Å². The van der Waals surface area contributed by atoms with E-state index < -0.39 is 0 Å². The molecular weight excluding hydrogens is 286 g/mol. The molecule has 0 unspecified atom stereocenters. The molecule has 0 saturated heterocycles. The number of nitrogens with zero attached hydrogens (tertiary/aromatic N) is 4. The quantitative estimate of drug-likeness (QED) is 0.671. The predicted octanol–water partition coefficient (Wildman–Crippen LogP) is 2.74. The van der Waals surface area contributed by atoms with E-state index in [1.165, 1.54) is 18.1 Å². The van der Waals surface area contributed by atoms with Crippen molar-refractivity contribution in [2.75, 3.05) is 12.0 Å². The van der Waals surface area contributed by atoms with Crippen molar-refractivity contribution in [1.82, 2.24) is 20.2 Å². The molecule has 0 aromatic carbocycles. The van der Waals surface area contributed by atoms with E-state index in [-0.39, 0.29) is 0 Å². The van der Waals surface area contributed by atoms with Crippen LogP contribution in [0, 0.1) is 0 Å². The molecule has 8 heteroatoms. The summed E-state index contributed by atoms with van der Waals surface area (Å²) in [5.74, 6) is 0.559. The smallest absolute Gasteiger partial charge is 0.181 e. The first kappa shape index (κ1) is 13.6. The topological polar surface area (TPSA) is 77.6 Å². The van der Waals surface area contributed by atoms with Gasteiger partial charge in [-0.05, 0) is 24.4 Å². The van der Waals surface area contributed by atoms with Crippen molar-refractivity contribution in [1.29, 1.82) is 0 Å². The second-order valence-electron chi connectivity index (χ2n) is 3.43. The van der Waals surface area contributed by atoms with Crippen LogP contribution in [0.2, 0.25) is 0 Å². The van der Waals surface area contributed by atoms with Crippen molar-refractivity contribution in [3.05, 3.63) is 11.9 Å². The summed E-state index contributed by atoms with van der Waals surface area (Å²) in [6.07, 6.45) is 5.37. The highest BCUT2D eigenvalue weighted by atomic mass is 32.2. The molecule has 2 heterocycles. The first-order valence-electron chi connectivity index (χ1n) is 5.39. The molecule has 18 heavy (non-hydrogen) atoms. The van der Waals surface area contributed by atoms with Gasteiger partial charge in [0, 0.05) is 5.56 Å². The van der Waals surface area contributed by atoms with Gasteiger partial charge in [-0.1, -0.05) is 36.4 Å². The van der Waals surface area contributed by atoms with E-state index in [1.54, 1.807) is 23.1 Å². The van der Waals surface area contributed by atoms with Crippen LogP contribution in [0.1, 0.15) is 18.9 Å². The lowest BCUT2D eigenvalue weighted by molar-refractivity contribution is 0.860. The number of anilines is 1. The zero-order valence-electron chi connectivity index (χ0n) is 10.1. The van der Waals surface area contributed by atoms with Crippen molar-refractivity contribution in [3.8, 4) is 0 Å². The van der Waals surface area contributed by atoms with Crippen LogP contribution in [-0.2, 0) is 6.42 Å². The van der Waals surface area contributed by atoms with Crippen molar-refractivity contribution >= 4 is 40.7 Å². The largest absolute Gasteiger partial charge is 0.383 e. The molecule has 0 bridgehead atoms. The summed E-state index contributed by atoms with van der Waals surface area (Å²) in [7, 11) is 0. The van der Waals surface area contributed by atoms with Gasteiger partial charge in [0.2, 0.25) is 0 Å². The third kappa shape index (κ3) is 3.12. The zero-order valence-corrected chi connectivity index (χ0v) is 12.5. The maximum absolute atomic E-state index is 5.89. The first-order valence-corrected chi connectivity index (χ1v) is 8.25. The van der Waals surface area contributed by atoms with E-state index >= 15 is 0 Å². The van der Waals surface area contributed by atoms with E-state index in [4.69, 9.17) is 5.73 Å². The van der Waals surface area contributed by atoms with Gasteiger partial charge < -0.3 is 5.73 Å². The third-order valence-electron chi connectivity index (χ3n) is 2.19. The lowest BCUT2D eigenvalue weighted by atomic mass is 10.2. The Hall–Kier alpha value is -0.860. The zero-order chi connectivity index (χ0) is 13.0. The van der Waals surface area contributed by atoms with Gasteiger partial charge in [-0.25, -0.2) is 9.97 Å². The molecule has 0 fully saturated rings. The van der Waals surface area contributed by atoms with E-state index in [1.807, 2.05) is 6.26 Å². The van der Waals surface area contributed by atoms with Crippen LogP contribution in [0.15, 0.2) is 20.0 Å². The van der Waals surface area contributed by atoms with Crippen LogP contribution in [-0.4, -0.2) is 26.4 Å². The van der Waals surface area contributed by atoms with Gasteiger partial charge in [-0.3, -0.25) is 0 Å². The summed E-state index contributed by atoms with van der Waals surface area (Å²) < 4.78 is 1.84. The van der Waals surface area contributed by atoms with Gasteiger partial charge in [0.05, 0.1) is 0 Å². The van der Waals surface area contributed by atoms with Crippen LogP contribution in [0.5, 0.6) is 0 Å². The summed E-state index contributed by atoms with van der Waals surface area (Å²) in [4.78, 5) is 8.33. The van der Waals surface area contributed by atoms with Crippen LogP contribution < -0.4 is 5.73 Å². The summed E-state index contributed by atoms with van der Waals surface area (Å²) in [6.45, 7) is 2.11. The van der Waals surface area contributed by atoms with Crippen LogP contribution in [0.4, 0.5) is 5.82 Å². The molecule has 0 radical (unpaired) electrons. The van der Waals surface area contributed by atoms with Gasteiger partial charge in [-0.15, -0.1) is 10.2 Å². The first-order chi connectivity index (χ1) is 8.74. The van der Waals surface area contributed by atoms with Gasteiger partial charge in [0.15, 0.2) is 8.68 Å². The lowest BCUT2D eigenvalue weighted by Crippen LogP contribution is -2.01. The van der Waals surface area contributed by atoms with Crippen molar-refractivity contribution in [3.63, 3.8) is 0 Å². The van der Waals surface area contributed by atoms with E-state index in [9.17, 15) is 0 Å². The fourth-order valence-corrected chi connectivity index (χ4v) is 3.87. The minimum atomic E-state index is 0.559. The number of nitrogen functional groups attached to an aromatic ring is 1. The Labute approximate surface area is 118 Å². The van der Waals surface area contributed by atoms with Crippen molar-refractivity contribution < 1.29 is 0 Å². The maximum Gasteiger partial charge on any atom is 0.181 e.